The van der Waals surface area contributed by atoms with Crippen molar-refractivity contribution in [3.63, 3.8) is 0 Å². The van der Waals surface area contributed by atoms with Crippen LogP contribution < -0.4 is 0 Å². The Bertz CT molecular complexity index is 640. The number of benzene rings is 1. The second kappa shape index (κ2) is 2.71. The van der Waals surface area contributed by atoms with Gasteiger partial charge in [-0.25, -0.2) is 0 Å². The first kappa shape index (κ1) is 9.82. The predicted molar refractivity (Wildman–Crippen MR) is 74.7 cm³/mol. The van der Waals surface area contributed by atoms with Crippen LogP contribution in [-0.2, 0) is 0 Å². The van der Waals surface area contributed by atoms with Gasteiger partial charge in [-0.2, -0.15) is 0 Å². The molecule has 1 aromatic rings. The van der Waals surface area contributed by atoms with E-state index in [4.69, 9.17) is 0 Å². The van der Waals surface area contributed by atoms with E-state index < -0.39 is 0 Å². The van der Waals surface area contributed by atoms with Gasteiger partial charge >= 0.3 is 0 Å². The summed E-state index contributed by atoms with van der Waals surface area (Å²) in [6, 6.07) is 9.95. The molecule has 0 N–H and O–H groups in total. The molecule has 1 nitrogen and oxygen atoms in total. The Kier molecular flexibility index (Phi) is 1.40. The third-order valence-corrected chi connectivity index (χ3v) is 7.97. The minimum absolute atomic E-state index is 0.102. The normalized spacial score (nSPS) is 56.9. The summed E-state index contributed by atoms with van der Waals surface area (Å²) < 4.78 is -0.102. The fourth-order valence-corrected chi connectivity index (χ4v) is 7.45. The van der Waals surface area contributed by atoms with E-state index in [-0.39, 0.29) is 4.75 Å². The van der Waals surface area contributed by atoms with Crippen LogP contribution in [0.2, 0.25) is 0 Å². The summed E-state index contributed by atoms with van der Waals surface area (Å²) in [7, 11) is 0. The van der Waals surface area contributed by atoms with E-state index in [9.17, 15) is 4.79 Å². The largest absolute Gasteiger partial charge is 0.293 e. The molecule has 2 heteroatoms. The van der Waals surface area contributed by atoms with Crippen molar-refractivity contribution in [2.24, 2.45) is 41.4 Å². The molecule has 0 amide bonds. The molecule has 4 unspecified atom stereocenters. The lowest BCUT2D eigenvalue weighted by Gasteiger charge is -2.53. The average molecular weight is 266 g/mol. The van der Waals surface area contributed by atoms with Gasteiger partial charge in [-0.15, -0.1) is 11.8 Å². The summed E-state index contributed by atoms with van der Waals surface area (Å²) in [4.78, 5) is 13.1. The SMILES string of the molecule is O=C(c1ccccc1)[C@]12SC=C[C@@H]1C1C3C4C3C4C12. The first-order valence-corrected chi connectivity index (χ1v) is 8.18. The van der Waals surface area contributed by atoms with Gasteiger partial charge in [-0.05, 0) is 40.9 Å². The number of allylic oxidation sites excluding steroid dienone is 1. The third-order valence-electron chi connectivity index (χ3n) is 6.56. The van der Waals surface area contributed by atoms with Crippen LogP contribution in [0.1, 0.15) is 10.4 Å². The van der Waals surface area contributed by atoms with Gasteiger partial charge in [0.1, 0.15) is 0 Å². The summed E-state index contributed by atoms with van der Waals surface area (Å²) in [6.07, 6.45) is 2.34. The lowest BCUT2D eigenvalue weighted by atomic mass is 9.55. The van der Waals surface area contributed by atoms with Crippen molar-refractivity contribution in [3.8, 4) is 0 Å². The molecule has 0 spiro atoms. The van der Waals surface area contributed by atoms with Crippen LogP contribution >= 0.6 is 11.8 Å². The highest BCUT2D eigenvalue weighted by Crippen LogP contribution is 2.94. The molecule has 94 valence electrons. The van der Waals surface area contributed by atoms with Crippen LogP contribution in [0.25, 0.3) is 0 Å². The molecule has 0 saturated heterocycles. The second-order valence-corrected chi connectivity index (χ2v) is 8.06. The van der Waals surface area contributed by atoms with Crippen molar-refractivity contribution in [2.75, 3.05) is 0 Å². The molecule has 6 atom stereocenters. The molecule has 5 saturated carbocycles. The maximum Gasteiger partial charge on any atom is 0.180 e. The average Bonchev–Trinajstić information content (AvgIpc) is 3.21. The van der Waals surface area contributed by atoms with Crippen LogP contribution in [0.15, 0.2) is 41.8 Å². The molecule has 1 aromatic carbocycles. The van der Waals surface area contributed by atoms with Crippen molar-refractivity contribution in [3.05, 3.63) is 47.4 Å². The number of fused-ring (bicyclic) bond motifs is 1. The van der Waals surface area contributed by atoms with Gasteiger partial charge in [0.25, 0.3) is 0 Å². The maximum atomic E-state index is 13.1. The van der Waals surface area contributed by atoms with E-state index in [0.29, 0.717) is 17.6 Å². The zero-order valence-electron chi connectivity index (χ0n) is 10.4. The lowest BCUT2D eigenvalue weighted by Crippen LogP contribution is -2.61. The van der Waals surface area contributed by atoms with Gasteiger partial charge in [0.2, 0.25) is 0 Å². The lowest BCUT2D eigenvalue weighted by molar-refractivity contribution is 0.0488. The fourth-order valence-electron chi connectivity index (χ4n) is 5.89. The summed E-state index contributed by atoms with van der Waals surface area (Å²) in [5.41, 5.74) is 0.918. The standard InChI is InChI=1S/C17H14OS/c18-16(8-4-2-1-3-5-8)17-9(6-7-19-17)10-11-12-13(11)14(12)15(10)17/h1-7,9-15H/t9-,10?,11?,12?,13?,14?,15?,17+/m1/s1. The fraction of sp³-hybridized carbons (Fsp3) is 0.471. The van der Waals surface area contributed by atoms with Gasteiger partial charge in [-0.1, -0.05) is 36.4 Å². The topological polar surface area (TPSA) is 17.1 Å². The number of hydrogen-bond acceptors (Lipinski definition) is 2. The third kappa shape index (κ3) is 0.825. The summed E-state index contributed by atoms with van der Waals surface area (Å²) in [5.74, 6) is 6.52. The minimum atomic E-state index is -0.102. The van der Waals surface area contributed by atoms with Crippen LogP contribution in [-0.4, -0.2) is 10.5 Å². The molecular formula is C17H14OS. The zero-order valence-corrected chi connectivity index (χ0v) is 11.2. The van der Waals surface area contributed by atoms with Gasteiger partial charge in [-0.3, -0.25) is 4.79 Å². The van der Waals surface area contributed by atoms with Crippen molar-refractivity contribution in [1.82, 2.24) is 0 Å². The highest BCUT2D eigenvalue weighted by atomic mass is 32.2. The zero-order chi connectivity index (χ0) is 12.4. The quantitative estimate of drug-likeness (QED) is 0.764. The Balaban J connectivity index is 1.47. The number of rotatable bonds is 2. The summed E-state index contributed by atoms with van der Waals surface area (Å²) >= 11 is 1.83. The predicted octanol–water partition coefficient (Wildman–Crippen LogP) is 3.24. The van der Waals surface area contributed by atoms with Crippen LogP contribution in [0.4, 0.5) is 0 Å². The van der Waals surface area contributed by atoms with E-state index in [0.717, 1.165) is 35.2 Å². The van der Waals surface area contributed by atoms with Gasteiger partial charge in [0.05, 0.1) is 4.75 Å². The molecule has 0 radical (unpaired) electrons. The van der Waals surface area contributed by atoms with Crippen molar-refractivity contribution in [1.29, 1.82) is 0 Å². The molecule has 2 bridgehead atoms. The summed E-state index contributed by atoms with van der Waals surface area (Å²) in [5, 5.41) is 2.21. The molecular weight excluding hydrogens is 252 g/mol. The monoisotopic (exact) mass is 266 g/mol. The first-order valence-electron chi connectivity index (χ1n) is 7.30. The summed E-state index contributed by atoms with van der Waals surface area (Å²) in [6.45, 7) is 0. The van der Waals surface area contributed by atoms with E-state index in [1.807, 2.05) is 42.1 Å². The molecule has 0 aromatic heterocycles. The van der Waals surface area contributed by atoms with Gasteiger partial charge in [0, 0.05) is 11.5 Å². The number of thioether (sulfide) groups is 1. The smallest absolute Gasteiger partial charge is 0.180 e. The number of Topliss-reactive ketones (excluding diaryl/α,β-unsaturated/α-hetero) is 1. The Morgan fingerprint density at radius 1 is 1.00 bits per heavy atom. The Labute approximate surface area is 116 Å². The van der Waals surface area contributed by atoms with E-state index >= 15 is 0 Å². The van der Waals surface area contributed by atoms with E-state index in [1.54, 1.807) is 0 Å². The Hall–Kier alpha value is -1.02. The van der Waals surface area contributed by atoms with Crippen molar-refractivity contribution in [2.45, 2.75) is 4.75 Å². The second-order valence-electron chi connectivity index (χ2n) is 6.87. The maximum absolute atomic E-state index is 13.1. The van der Waals surface area contributed by atoms with E-state index in [2.05, 4.69) is 11.5 Å². The van der Waals surface area contributed by atoms with E-state index in [1.165, 1.54) is 0 Å². The highest BCUT2D eigenvalue weighted by Gasteiger charge is 2.93. The molecule has 1 heterocycles. The van der Waals surface area contributed by atoms with Crippen molar-refractivity contribution >= 4 is 17.5 Å². The number of carbonyl (C=O) groups excluding carboxylic acids is 1. The molecule has 1 aliphatic heterocycles. The molecule has 5 aliphatic carbocycles. The molecule has 6 aliphatic rings. The van der Waals surface area contributed by atoms with Crippen LogP contribution in [0.5, 0.6) is 0 Å². The molecule has 19 heavy (non-hydrogen) atoms. The Morgan fingerprint density at radius 3 is 2.53 bits per heavy atom. The number of hydrogen-bond donors (Lipinski definition) is 0. The number of ketones is 1. The van der Waals surface area contributed by atoms with Gasteiger partial charge in [0.15, 0.2) is 5.78 Å². The Morgan fingerprint density at radius 2 is 1.74 bits per heavy atom. The highest BCUT2D eigenvalue weighted by molar-refractivity contribution is 8.04. The molecule has 7 rings (SSSR count). The minimum Gasteiger partial charge on any atom is -0.293 e. The van der Waals surface area contributed by atoms with Gasteiger partial charge < -0.3 is 0 Å². The van der Waals surface area contributed by atoms with Crippen LogP contribution in [0.3, 0.4) is 0 Å². The van der Waals surface area contributed by atoms with Crippen LogP contribution in [0, 0.1) is 41.4 Å². The molecule has 5 fully saturated rings. The van der Waals surface area contributed by atoms with Crippen molar-refractivity contribution < 1.29 is 4.79 Å². The first-order chi connectivity index (χ1) is 9.36. The number of carbonyl (C=O) groups is 1.